The Hall–Kier alpha value is -8.41. The van der Waals surface area contributed by atoms with Crippen LogP contribution in [0.3, 0.4) is 0 Å². The molecule has 5 nitrogen and oxygen atoms in total. The number of nitrogens with zero attached hydrogens (tertiary/aromatic N) is 5. The first-order valence-corrected chi connectivity index (χ1v) is 20.9. The molecule has 0 saturated carbocycles. The summed E-state index contributed by atoms with van der Waals surface area (Å²) in [6.07, 6.45) is 0. The van der Waals surface area contributed by atoms with Gasteiger partial charge in [-0.2, -0.15) is 9.97 Å². The lowest BCUT2D eigenvalue weighted by Crippen LogP contribution is -2.06. The number of rotatable bonds is 7. The van der Waals surface area contributed by atoms with Crippen LogP contribution >= 0.6 is 0 Å². The van der Waals surface area contributed by atoms with Crippen molar-refractivity contribution in [3.8, 4) is 67.8 Å². The van der Waals surface area contributed by atoms with Crippen molar-refractivity contribution in [1.82, 2.24) is 24.1 Å². The van der Waals surface area contributed by atoms with Gasteiger partial charge in [0.1, 0.15) is 0 Å². The van der Waals surface area contributed by atoms with E-state index in [4.69, 9.17) is 15.0 Å². The van der Waals surface area contributed by atoms with Gasteiger partial charge in [-0.05, 0) is 69.8 Å². The third-order valence-electron chi connectivity index (χ3n) is 12.0. The molecule has 5 heteroatoms. The van der Waals surface area contributed by atoms with Crippen molar-refractivity contribution in [1.29, 1.82) is 0 Å². The first-order valence-electron chi connectivity index (χ1n) is 20.9. The van der Waals surface area contributed by atoms with Crippen LogP contribution in [0.15, 0.2) is 224 Å². The van der Waals surface area contributed by atoms with Gasteiger partial charge in [0.15, 0.2) is 11.6 Å². The number of aromatic nitrogens is 5. The number of hydrogen-bond acceptors (Lipinski definition) is 3. The van der Waals surface area contributed by atoms with Gasteiger partial charge in [-0.15, -0.1) is 0 Å². The maximum absolute atomic E-state index is 5.16. The molecule has 62 heavy (non-hydrogen) atoms. The molecule has 3 aromatic heterocycles. The molecule has 0 saturated heterocycles. The Morgan fingerprint density at radius 2 is 0.597 bits per heavy atom. The highest BCUT2D eigenvalue weighted by Gasteiger charge is 2.19. The van der Waals surface area contributed by atoms with Crippen LogP contribution in [0.5, 0.6) is 0 Å². The summed E-state index contributed by atoms with van der Waals surface area (Å²) >= 11 is 0. The molecule has 0 atom stereocenters. The zero-order chi connectivity index (χ0) is 41.0. The molecule has 0 fully saturated rings. The van der Waals surface area contributed by atoms with Gasteiger partial charge in [-0.3, -0.25) is 4.57 Å². The summed E-state index contributed by atoms with van der Waals surface area (Å²) in [5.74, 6) is 1.83. The van der Waals surface area contributed by atoms with Crippen molar-refractivity contribution in [2.75, 3.05) is 0 Å². The van der Waals surface area contributed by atoms with E-state index in [1.54, 1.807) is 0 Å². The highest BCUT2D eigenvalue weighted by atomic mass is 15.2. The van der Waals surface area contributed by atoms with Gasteiger partial charge < -0.3 is 4.57 Å². The Morgan fingerprint density at radius 3 is 1.10 bits per heavy atom. The number of fused-ring (bicyclic) bond motifs is 6. The summed E-state index contributed by atoms with van der Waals surface area (Å²) in [4.78, 5) is 15.3. The fourth-order valence-corrected chi connectivity index (χ4v) is 8.98. The van der Waals surface area contributed by atoms with E-state index in [0.717, 1.165) is 55.3 Å². The average molecular weight is 792 g/mol. The third-order valence-corrected chi connectivity index (χ3v) is 12.0. The number of hydrogen-bond donors (Lipinski definition) is 0. The highest BCUT2D eigenvalue weighted by molar-refractivity contribution is 6.12. The van der Waals surface area contributed by atoms with Crippen molar-refractivity contribution in [2.24, 2.45) is 0 Å². The van der Waals surface area contributed by atoms with E-state index in [-0.39, 0.29) is 0 Å². The van der Waals surface area contributed by atoms with E-state index in [2.05, 4.69) is 173 Å². The normalized spacial score (nSPS) is 11.5. The minimum absolute atomic E-state index is 0.576. The van der Waals surface area contributed by atoms with Crippen LogP contribution < -0.4 is 0 Å². The van der Waals surface area contributed by atoms with Gasteiger partial charge >= 0.3 is 0 Å². The monoisotopic (exact) mass is 791 g/mol. The molecule has 0 radical (unpaired) electrons. The van der Waals surface area contributed by atoms with Gasteiger partial charge in [-0.1, -0.05) is 188 Å². The van der Waals surface area contributed by atoms with E-state index >= 15 is 0 Å². The lowest BCUT2D eigenvalue weighted by atomic mass is 10.00. The fourth-order valence-electron chi connectivity index (χ4n) is 8.98. The van der Waals surface area contributed by atoms with Crippen molar-refractivity contribution in [3.05, 3.63) is 224 Å². The van der Waals surface area contributed by atoms with Gasteiger partial charge in [0.2, 0.25) is 5.95 Å². The predicted molar refractivity (Wildman–Crippen MR) is 256 cm³/mol. The van der Waals surface area contributed by atoms with E-state index < -0.39 is 0 Å². The molecule has 0 bridgehead atoms. The quantitative estimate of drug-likeness (QED) is 0.162. The van der Waals surface area contributed by atoms with Crippen molar-refractivity contribution >= 4 is 43.6 Å². The summed E-state index contributed by atoms with van der Waals surface area (Å²) in [5, 5.41) is 4.72. The van der Waals surface area contributed by atoms with Crippen molar-refractivity contribution in [2.45, 2.75) is 0 Å². The van der Waals surface area contributed by atoms with Crippen LogP contribution in [0.25, 0.3) is 111 Å². The van der Waals surface area contributed by atoms with E-state index in [9.17, 15) is 0 Å². The molecular formula is C57H37N5. The van der Waals surface area contributed by atoms with E-state index in [1.807, 2.05) is 60.7 Å². The van der Waals surface area contributed by atoms with E-state index in [0.29, 0.717) is 17.6 Å². The van der Waals surface area contributed by atoms with Crippen LogP contribution in [0.2, 0.25) is 0 Å². The van der Waals surface area contributed by atoms with Gasteiger partial charge in [0, 0.05) is 38.4 Å². The molecule has 9 aromatic carbocycles. The second-order valence-corrected chi connectivity index (χ2v) is 15.7. The Kier molecular flexibility index (Phi) is 8.42. The van der Waals surface area contributed by atoms with Gasteiger partial charge in [0.25, 0.3) is 0 Å². The average Bonchev–Trinajstić information content (AvgIpc) is 3.87. The predicted octanol–water partition coefficient (Wildman–Crippen LogP) is 14.4. The minimum Gasteiger partial charge on any atom is -0.309 e. The van der Waals surface area contributed by atoms with Crippen LogP contribution in [-0.2, 0) is 0 Å². The zero-order valence-electron chi connectivity index (χ0n) is 33.6. The van der Waals surface area contributed by atoms with Gasteiger partial charge in [0.05, 0.1) is 22.1 Å². The number of para-hydroxylation sites is 2. The standard InChI is InChI=1S/C57H37N5/c1-4-14-38(15-5-1)39-24-26-40(27-25-39)41-28-32-46(33-29-41)61-51-22-12-10-20-47(51)49-34-30-44(36-53(49)61)45-31-35-50-48-21-11-13-23-52(48)62(54(50)37-45)57-59-55(42-16-6-2-7-17-42)58-56(60-57)43-18-8-3-9-19-43/h1-37H. The summed E-state index contributed by atoms with van der Waals surface area (Å²) in [7, 11) is 0. The summed E-state index contributed by atoms with van der Waals surface area (Å²) in [6, 6.07) is 79.4. The molecule has 0 aliphatic heterocycles. The lowest BCUT2D eigenvalue weighted by molar-refractivity contribution is 0.953. The molecule has 12 rings (SSSR count). The second-order valence-electron chi connectivity index (χ2n) is 15.7. The molecule has 0 spiro atoms. The molecule has 0 aliphatic rings. The minimum atomic E-state index is 0.576. The largest absolute Gasteiger partial charge is 0.309 e. The van der Waals surface area contributed by atoms with Crippen LogP contribution in [0.4, 0.5) is 0 Å². The smallest absolute Gasteiger partial charge is 0.238 e. The SMILES string of the molecule is c1ccc(-c2ccc(-c3ccc(-n4c5ccccc5c5ccc(-c6ccc7c8ccccc8n(-c8nc(-c9ccccc9)nc(-c9ccccc9)n8)c7c6)cc54)cc3)cc2)cc1. The second kappa shape index (κ2) is 14.7. The molecule has 0 unspecified atom stereocenters. The molecule has 0 aliphatic carbocycles. The third kappa shape index (κ3) is 6.06. The van der Waals surface area contributed by atoms with Crippen molar-refractivity contribution < 1.29 is 0 Å². The highest BCUT2D eigenvalue weighted by Crippen LogP contribution is 2.39. The molecule has 0 N–H and O–H groups in total. The zero-order valence-corrected chi connectivity index (χ0v) is 33.6. The van der Waals surface area contributed by atoms with Crippen LogP contribution in [0.1, 0.15) is 0 Å². The van der Waals surface area contributed by atoms with Crippen LogP contribution in [0, 0.1) is 0 Å². The Bertz CT molecular complexity index is 3530. The maximum Gasteiger partial charge on any atom is 0.238 e. The van der Waals surface area contributed by atoms with E-state index in [1.165, 1.54) is 38.5 Å². The molecular weight excluding hydrogens is 755 g/mol. The Balaban J connectivity index is 0.990. The first kappa shape index (κ1) is 35.5. The summed E-state index contributed by atoms with van der Waals surface area (Å²) in [6.45, 7) is 0. The molecule has 3 heterocycles. The molecule has 12 aromatic rings. The number of benzene rings is 9. The lowest BCUT2D eigenvalue weighted by Gasteiger charge is -2.12. The summed E-state index contributed by atoms with van der Waals surface area (Å²) in [5.41, 5.74) is 14.4. The topological polar surface area (TPSA) is 48.5 Å². The molecule has 290 valence electrons. The Labute approximate surface area is 358 Å². The fraction of sp³-hybridized carbons (Fsp3) is 0. The summed E-state index contributed by atoms with van der Waals surface area (Å²) < 4.78 is 4.59. The Morgan fingerprint density at radius 1 is 0.242 bits per heavy atom. The van der Waals surface area contributed by atoms with Gasteiger partial charge in [-0.25, -0.2) is 4.98 Å². The molecule has 0 amide bonds. The van der Waals surface area contributed by atoms with Crippen LogP contribution in [-0.4, -0.2) is 24.1 Å². The van der Waals surface area contributed by atoms with Crippen molar-refractivity contribution in [3.63, 3.8) is 0 Å². The first-order chi connectivity index (χ1) is 30.7. The maximum atomic E-state index is 5.16.